The number of fused-ring (bicyclic) bond motifs is 1. The van der Waals surface area contributed by atoms with Crippen LogP contribution >= 0.6 is 0 Å². The van der Waals surface area contributed by atoms with Gasteiger partial charge in [0.25, 0.3) is 0 Å². The summed E-state index contributed by atoms with van der Waals surface area (Å²) in [6.45, 7) is 7.45. The molecule has 1 atom stereocenters. The second-order valence-electron chi connectivity index (χ2n) is 8.00. The number of nitrogens with two attached hydrogens (primary N) is 1. The molecule has 2 heterocycles. The molecule has 0 aliphatic carbocycles. The summed E-state index contributed by atoms with van der Waals surface area (Å²) in [6.07, 6.45) is -4.44. The smallest absolute Gasteiger partial charge is 0.399 e. The maximum Gasteiger partial charge on any atom is 0.416 e. The number of hydrogen-bond donors (Lipinski definition) is 3. The molecule has 0 unspecified atom stereocenters. The van der Waals surface area contributed by atoms with Gasteiger partial charge < -0.3 is 21.3 Å². The van der Waals surface area contributed by atoms with Crippen molar-refractivity contribution in [1.82, 2.24) is 10.3 Å². The van der Waals surface area contributed by atoms with E-state index >= 15 is 0 Å². The largest absolute Gasteiger partial charge is 0.416 e. The first-order valence-corrected chi connectivity index (χ1v) is 10.3. The predicted octanol–water partition coefficient (Wildman–Crippen LogP) is 4.73. The van der Waals surface area contributed by atoms with Gasteiger partial charge in [-0.2, -0.15) is 13.2 Å². The van der Waals surface area contributed by atoms with Crippen LogP contribution < -0.4 is 21.3 Å². The van der Waals surface area contributed by atoms with Crippen LogP contribution in [-0.4, -0.2) is 31.2 Å². The van der Waals surface area contributed by atoms with Crippen LogP contribution in [0.15, 0.2) is 42.5 Å². The van der Waals surface area contributed by atoms with Crippen LogP contribution in [0.25, 0.3) is 10.9 Å². The lowest BCUT2D eigenvalue weighted by atomic mass is 10.0. The van der Waals surface area contributed by atoms with Crippen molar-refractivity contribution in [2.24, 2.45) is 0 Å². The highest BCUT2D eigenvalue weighted by Gasteiger charge is 2.31. The Morgan fingerprint density at radius 2 is 1.84 bits per heavy atom. The number of halogens is 3. The number of nitrogens with one attached hydrogen (secondary N) is 2. The van der Waals surface area contributed by atoms with Crippen molar-refractivity contribution in [3.05, 3.63) is 59.3 Å². The van der Waals surface area contributed by atoms with Gasteiger partial charge in [0.2, 0.25) is 0 Å². The molecule has 164 valence electrons. The third-order valence-corrected chi connectivity index (χ3v) is 5.58. The fourth-order valence-corrected chi connectivity index (χ4v) is 3.99. The third kappa shape index (κ3) is 4.69. The summed E-state index contributed by atoms with van der Waals surface area (Å²) in [5, 5.41) is 7.67. The van der Waals surface area contributed by atoms with E-state index < -0.39 is 11.7 Å². The van der Waals surface area contributed by atoms with Gasteiger partial charge in [-0.3, -0.25) is 4.98 Å². The second-order valence-corrected chi connectivity index (χ2v) is 8.00. The van der Waals surface area contributed by atoms with Crippen LogP contribution in [0.5, 0.6) is 0 Å². The number of alkyl halides is 3. The first kappa shape index (κ1) is 21.2. The highest BCUT2D eigenvalue weighted by atomic mass is 19.4. The summed E-state index contributed by atoms with van der Waals surface area (Å²) >= 11 is 0. The number of benzene rings is 2. The Balaban J connectivity index is 1.69. The summed E-state index contributed by atoms with van der Waals surface area (Å²) in [6, 6.07) is 11.4. The third-order valence-electron chi connectivity index (χ3n) is 5.58. The Morgan fingerprint density at radius 1 is 1.10 bits per heavy atom. The van der Waals surface area contributed by atoms with Crippen LogP contribution in [0.4, 0.5) is 30.2 Å². The van der Waals surface area contributed by atoms with Gasteiger partial charge in [0.1, 0.15) is 0 Å². The van der Waals surface area contributed by atoms with Gasteiger partial charge in [0.05, 0.1) is 11.1 Å². The molecule has 4 rings (SSSR count). The molecule has 2 aromatic carbocycles. The van der Waals surface area contributed by atoms with Crippen molar-refractivity contribution in [2.75, 3.05) is 42.1 Å². The van der Waals surface area contributed by atoms with Gasteiger partial charge in [0, 0.05) is 60.4 Å². The molecule has 1 aromatic heterocycles. The number of aromatic nitrogens is 1. The van der Waals surface area contributed by atoms with Crippen LogP contribution in [0.1, 0.15) is 29.8 Å². The molecule has 0 bridgehead atoms. The highest BCUT2D eigenvalue weighted by Crippen LogP contribution is 2.35. The maximum atomic E-state index is 13.2. The van der Waals surface area contributed by atoms with E-state index in [1.165, 1.54) is 0 Å². The van der Waals surface area contributed by atoms with E-state index in [4.69, 9.17) is 5.73 Å². The summed E-state index contributed by atoms with van der Waals surface area (Å²) < 4.78 is 39.7. The van der Waals surface area contributed by atoms with E-state index in [1.807, 2.05) is 26.0 Å². The van der Waals surface area contributed by atoms with Crippen molar-refractivity contribution < 1.29 is 13.2 Å². The summed E-state index contributed by atoms with van der Waals surface area (Å²) in [7, 11) is 0. The molecule has 3 aromatic rings. The average molecular weight is 429 g/mol. The number of pyridine rings is 1. The van der Waals surface area contributed by atoms with E-state index in [-0.39, 0.29) is 11.7 Å². The molecule has 31 heavy (non-hydrogen) atoms. The lowest BCUT2D eigenvalue weighted by Crippen LogP contribution is -2.43. The lowest BCUT2D eigenvalue weighted by molar-refractivity contribution is -0.137. The number of nitrogen functional groups attached to an aromatic ring is 1. The topological polar surface area (TPSA) is 66.2 Å². The molecular formula is C23H26F3N5. The molecule has 0 saturated carbocycles. The molecule has 1 aliphatic heterocycles. The standard InChI is InChI=1S/C23H26F3N5/c1-14-9-22(30-15(2)16-10-17(23(24,25)26)12-18(27)11-16)20-13-19(3-4-21(20)29-14)31-7-5-28-6-8-31/h3-4,9-13,15,28H,5-8,27H2,1-2H3,(H,29,30)/t15-/m1/s1. The Hall–Kier alpha value is -3.00. The second kappa shape index (κ2) is 8.26. The molecule has 1 saturated heterocycles. The number of hydrogen-bond acceptors (Lipinski definition) is 5. The van der Waals surface area contributed by atoms with Crippen molar-refractivity contribution in [3.8, 4) is 0 Å². The van der Waals surface area contributed by atoms with Crippen molar-refractivity contribution in [1.29, 1.82) is 0 Å². The van der Waals surface area contributed by atoms with Gasteiger partial charge in [-0.1, -0.05) is 0 Å². The van der Waals surface area contributed by atoms with E-state index in [1.54, 1.807) is 6.07 Å². The number of anilines is 3. The molecular weight excluding hydrogens is 403 g/mol. The van der Waals surface area contributed by atoms with Gasteiger partial charge in [-0.05, 0) is 61.9 Å². The Labute approximate surface area is 179 Å². The minimum Gasteiger partial charge on any atom is -0.399 e. The average Bonchev–Trinajstić information content (AvgIpc) is 2.73. The number of rotatable bonds is 4. The van der Waals surface area contributed by atoms with Crippen molar-refractivity contribution in [2.45, 2.75) is 26.1 Å². The van der Waals surface area contributed by atoms with Crippen molar-refractivity contribution in [3.63, 3.8) is 0 Å². The summed E-state index contributed by atoms with van der Waals surface area (Å²) in [5.41, 5.74) is 9.21. The lowest BCUT2D eigenvalue weighted by Gasteiger charge is -2.30. The molecule has 1 fully saturated rings. The fraction of sp³-hybridized carbons (Fsp3) is 0.348. The Kier molecular flexibility index (Phi) is 5.66. The predicted molar refractivity (Wildman–Crippen MR) is 119 cm³/mol. The Bertz CT molecular complexity index is 1090. The number of aryl methyl sites for hydroxylation is 1. The molecule has 4 N–H and O–H groups in total. The summed E-state index contributed by atoms with van der Waals surface area (Å²) in [5.74, 6) is 0. The SMILES string of the molecule is Cc1cc(N[C@H](C)c2cc(N)cc(C(F)(F)F)c2)c2cc(N3CCNCC3)ccc2n1. The molecule has 5 nitrogen and oxygen atoms in total. The Morgan fingerprint density at radius 3 is 2.55 bits per heavy atom. The van der Waals surface area contributed by atoms with E-state index in [0.717, 1.165) is 66.3 Å². The van der Waals surface area contributed by atoms with Crippen molar-refractivity contribution >= 4 is 28.0 Å². The summed E-state index contributed by atoms with van der Waals surface area (Å²) in [4.78, 5) is 6.94. The van der Waals surface area contributed by atoms with Gasteiger partial charge in [-0.25, -0.2) is 0 Å². The quantitative estimate of drug-likeness (QED) is 0.524. The minimum atomic E-state index is -4.44. The molecule has 8 heteroatoms. The molecule has 1 aliphatic rings. The van der Waals surface area contributed by atoms with Gasteiger partial charge >= 0.3 is 6.18 Å². The van der Waals surface area contributed by atoms with Crippen LogP contribution in [-0.2, 0) is 6.18 Å². The van der Waals surface area contributed by atoms with Crippen LogP contribution in [0.2, 0.25) is 0 Å². The zero-order valence-electron chi connectivity index (χ0n) is 17.6. The highest BCUT2D eigenvalue weighted by molar-refractivity contribution is 5.94. The number of nitrogens with zero attached hydrogens (tertiary/aromatic N) is 2. The first-order valence-electron chi connectivity index (χ1n) is 10.3. The van der Waals surface area contributed by atoms with E-state index in [0.29, 0.717) is 5.56 Å². The fourth-order valence-electron chi connectivity index (χ4n) is 3.99. The monoisotopic (exact) mass is 429 g/mol. The van der Waals surface area contributed by atoms with Gasteiger partial charge in [0.15, 0.2) is 0 Å². The van der Waals surface area contributed by atoms with E-state index in [9.17, 15) is 13.2 Å². The zero-order valence-corrected chi connectivity index (χ0v) is 17.6. The molecule has 0 spiro atoms. The van der Waals surface area contributed by atoms with Crippen LogP contribution in [0.3, 0.4) is 0 Å². The number of piperazine rings is 1. The first-order chi connectivity index (χ1) is 14.7. The van der Waals surface area contributed by atoms with Gasteiger partial charge in [-0.15, -0.1) is 0 Å². The molecule has 0 radical (unpaired) electrons. The minimum absolute atomic E-state index is 0.0928. The maximum absolute atomic E-state index is 13.2. The zero-order chi connectivity index (χ0) is 22.2. The molecule has 0 amide bonds. The van der Waals surface area contributed by atoms with Crippen LogP contribution in [0, 0.1) is 6.92 Å². The van der Waals surface area contributed by atoms with E-state index in [2.05, 4.69) is 32.7 Å². The normalized spacial score (nSPS) is 15.8.